The van der Waals surface area contributed by atoms with E-state index in [0.717, 1.165) is 25.9 Å². The van der Waals surface area contributed by atoms with Gasteiger partial charge in [0.2, 0.25) is 6.10 Å². The number of fused-ring (bicyclic) bond motifs is 1. The molecule has 2 aliphatic heterocycles. The van der Waals surface area contributed by atoms with Crippen molar-refractivity contribution in [2.24, 2.45) is 0 Å². The van der Waals surface area contributed by atoms with Gasteiger partial charge in [-0.2, -0.15) is 0 Å². The van der Waals surface area contributed by atoms with Crippen LogP contribution in [0.4, 0.5) is 0 Å². The number of nitrogens with zero attached hydrogens (tertiary/aromatic N) is 1. The minimum Gasteiger partial charge on any atom is -0.485 e. The molecule has 0 aliphatic carbocycles. The van der Waals surface area contributed by atoms with Crippen molar-refractivity contribution in [1.82, 2.24) is 4.90 Å². The maximum Gasteiger partial charge on any atom is 0.267 e. The minimum absolute atomic E-state index is 0.0325. The van der Waals surface area contributed by atoms with Crippen molar-refractivity contribution in [3.63, 3.8) is 0 Å². The Morgan fingerprint density at radius 1 is 1.00 bits per heavy atom. The maximum absolute atomic E-state index is 12.9. The maximum atomic E-state index is 12.9. The molecule has 124 valence electrons. The predicted octanol–water partition coefficient (Wildman–Crippen LogP) is 3.23. The van der Waals surface area contributed by atoms with Crippen LogP contribution in [0.15, 0.2) is 54.6 Å². The SMILES string of the molecule is O=C([C@H]1COc2ccccc2O1)N1CCC[C@@H](c2ccccc2)C1. The van der Waals surface area contributed by atoms with E-state index >= 15 is 0 Å². The number of benzene rings is 2. The first-order valence-corrected chi connectivity index (χ1v) is 8.53. The Bertz CT molecular complexity index is 716. The lowest BCUT2D eigenvalue weighted by Crippen LogP contribution is -2.49. The molecule has 2 aliphatic rings. The van der Waals surface area contributed by atoms with Crippen molar-refractivity contribution in [1.29, 1.82) is 0 Å². The summed E-state index contributed by atoms with van der Waals surface area (Å²) in [4.78, 5) is 14.8. The Labute approximate surface area is 142 Å². The Hall–Kier alpha value is -2.49. The molecule has 0 saturated carbocycles. The summed E-state index contributed by atoms with van der Waals surface area (Å²) in [6.45, 7) is 1.83. The van der Waals surface area contributed by atoms with Crippen LogP contribution in [0.5, 0.6) is 11.5 Å². The van der Waals surface area contributed by atoms with Crippen molar-refractivity contribution in [3.05, 3.63) is 60.2 Å². The second kappa shape index (κ2) is 6.56. The van der Waals surface area contributed by atoms with Gasteiger partial charge in [0.15, 0.2) is 11.5 Å². The Balaban J connectivity index is 1.45. The predicted molar refractivity (Wildman–Crippen MR) is 91.4 cm³/mol. The number of rotatable bonds is 2. The molecule has 4 rings (SSSR count). The molecule has 4 heteroatoms. The summed E-state index contributed by atoms with van der Waals surface area (Å²) in [5.41, 5.74) is 1.31. The van der Waals surface area contributed by atoms with Gasteiger partial charge in [-0.25, -0.2) is 0 Å². The second-order valence-corrected chi connectivity index (χ2v) is 6.40. The number of likely N-dealkylation sites (tertiary alicyclic amines) is 1. The van der Waals surface area contributed by atoms with Crippen LogP contribution < -0.4 is 9.47 Å². The third kappa shape index (κ3) is 2.96. The molecule has 2 heterocycles. The molecule has 1 fully saturated rings. The molecule has 2 aromatic carbocycles. The number of hydrogen-bond acceptors (Lipinski definition) is 3. The minimum atomic E-state index is -0.547. The monoisotopic (exact) mass is 323 g/mol. The number of para-hydroxylation sites is 2. The van der Waals surface area contributed by atoms with E-state index in [2.05, 4.69) is 24.3 Å². The average Bonchev–Trinajstić information content (AvgIpc) is 2.68. The van der Waals surface area contributed by atoms with Gasteiger partial charge in [0.25, 0.3) is 5.91 Å². The van der Waals surface area contributed by atoms with E-state index in [1.54, 1.807) is 0 Å². The van der Waals surface area contributed by atoms with Crippen molar-refractivity contribution < 1.29 is 14.3 Å². The van der Waals surface area contributed by atoms with Gasteiger partial charge in [0, 0.05) is 19.0 Å². The summed E-state index contributed by atoms with van der Waals surface area (Å²) in [6, 6.07) is 17.9. The average molecular weight is 323 g/mol. The van der Waals surface area contributed by atoms with Crippen LogP contribution in [0.1, 0.15) is 24.3 Å². The van der Waals surface area contributed by atoms with Gasteiger partial charge in [0.1, 0.15) is 6.61 Å². The van der Waals surface area contributed by atoms with Gasteiger partial charge in [0.05, 0.1) is 0 Å². The summed E-state index contributed by atoms with van der Waals surface area (Å²) < 4.78 is 11.6. The molecule has 2 atom stereocenters. The molecular weight excluding hydrogens is 302 g/mol. The van der Waals surface area contributed by atoms with Crippen LogP contribution in [0.25, 0.3) is 0 Å². The first kappa shape index (κ1) is 15.1. The lowest BCUT2D eigenvalue weighted by atomic mass is 9.90. The number of carbonyl (C=O) groups excluding carboxylic acids is 1. The largest absolute Gasteiger partial charge is 0.485 e. The molecule has 1 saturated heterocycles. The number of carbonyl (C=O) groups is 1. The molecule has 4 nitrogen and oxygen atoms in total. The van der Waals surface area contributed by atoms with E-state index in [0.29, 0.717) is 17.4 Å². The molecule has 0 unspecified atom stereocenters. The fourth-order valence-electron chi connectivity index (χ4n) is 3.52. The van der Waals surface area contributed by atoms with Crippen LogP contribution in [-0.2, 0) is 4.79 Å². The van der Waals surface area contributed by atoms with Crippen molar-refractivity contribution >= 4 is 5.91 Å². The molecule has 2 aromatic rings. The van der Waals surface area contributed by atoms with E-state index in [-0.39, 0.29) is 12.5 Å². The van der Waals surface area contributed by atoms with Crippen LogP contribution in [0.3, 0.4) is 0 Å². The highest BCUT2D eigenvalue weighted by Crippen LogP contribution is 2.32. The smallest absolute Gasteiger partial charge is 0.267 e. The summed E-state index contributed by atoms with van der Waals surface area (Å²) in [6.07, 6.45) is 1.60. The van der Waals surface area contributed by atoms with Crippen LogP contribution in [0, 0.1) is 0 Å². The molecule has 0 radical (unpaired) electrons. The van der Waals surface area contributed by atoms with Gasteiger partial charge < -0.3 is 14.4 Å². The van der Waals surface area contributed by atoms with E-state index in [4.69, 9.17) is 9.47 Å². The highest BCUT2D eigenvalue weighted by Gasteiger charge is 2.33. The zero-order valence-corrected chi connectivity index (χ0v) is 13.6. The topological polar surface area (TPSA) is 38.8 Å². The van der Waals surface area contributed by atoms with Gasteiger partial charge >= 0.3 is 0 Å². The first-order valence-electron chi connectivity index (χ1n) is 8.53. The van der Waals surface area contributed by atoms with Gasteiger partial charge in [-0.05, 0) is 30.5 Å². The summed E-state index contributed by atoms with van der Waals surface area (Å²) in [7, 11) is 0. The quantitative estimate of drug-likeness (QED) is 0.852. The number of ether oxygens (including phenoxy) is 2. The fourth-order valence-corrected chi connectivity index (χ4v) is 3.52. The van der Waals surface area contributed by atoms with Gasteiger partial charge in [-0.15, -0.1) is 0 Å². The summed E-state index contributed by atoms with van der Waals surface area (Å²) in [5, 5.41) is 0. The number of amides is 1. The molecule has 0 aromatic heterocycles. The van der Waals surface area contributed by atoms with Crippen molar-refractivity contribution in [3.8, 4) is 11.5 Å². The van der Waals surface area contributed by atoms with Crippen molar-refractivity contribution in [2.45, 2.75) is 24.9 Å². The second-order valence-electron chi connectivity index (χ2n) is 6.40. The third-order valence-electron chi connectivity index (χ3n) is 4.79. The number of hydrogen-bond donors (Lipinski definition) is 0. The molecule has 1 amide bonds. The summed E-state index contributed by atoms with van der Waals surface area (Å²) in [5.74, 6) is 1.80. The van der Waals surface area contributed by atoms with Crippen LogP contribution >= 0.6 is 0 Å². The van der Waals surface area contributed by atoms with E-state index in [1.165, 1.54) is 5.56 Å². The van der Waals surface area contributed by atoms with Crippen molar-refractivity contribution in [2.75, 3.05) is 19.7 Å². The molecule has 0 N–H and O–H groups in total. The Morgan fingerprint density at radius 3 is 2.58 bits per heavy atom. The number of piperidine rings is 1. The lowest BCUT2D eigenvalue weighted by molar-refractivity contribution is -0.142. The van der Waals surface area contributed by atoms with E-state index < -0.39 is 6.10 Å². The van der Waals surface area contributed by atoms with Gasteiger partial charge in [-0.3, -0.25) is 4.79 Å². The third-order valence-corrected chi connectivity index (χ3v) is 4.79. The zero-order valence-electron chi connectivity index (χ0n) is 13.6. The standard InChI is InChI=1S/C20H21NO3/c22-20(19-14-23-17-10-4-5-11-18(17)24-19)21-12-6-9-16(13-21)15-7-2-1-3-8-15/h1-5,7-8,10-11,16,19H,6,9,12-14H2/t16-,19-/m1/s1. The molecule has 0 spiro atoms. The normalized spacial score (nSPS) is 22.9. The van der Waals surface area contributed by atoms with Crippen LogP contribution in [0.2, 0.25) is 0 Å². The zero-order chi connectivity index (χ0) is 16.4. The molecule has 24 heavy (non-hydrogen) atoms. The van der Waals surface area contributed by atoms with Crippen LogP contribution in [-0.4, -0.2) is 36.6 Å². The Kier molecular flexibility index (Phi) is 4.11. The van der Waals surface area contributed by atoms with E-state index in [9.17, 15) is 4.79 Å². The fraction of sp³-hybridized carbons (Fsp3) is 0.350. The molecular formula is C20H21NO3. The summed E-state index contributed by atoms with van der Waals surface area (Å²) >= 11 is 0. The lowest BCUT2D eigenvalue weighted by Gasteiger charge is -2.36. The van der Waals surface area contributed by atoms with E-state index in [1.807, 2.05) is 35.2 Å². The van der Waals surface area contributed by atoms with Gasteiger partial charge in [-0.1, -0.05) is 42.5 Å². The highest BCUT2D eigenvalue weighted by molar-refractivity contribution is 5.82. The highest BCUT2D eigenvalue weighted by atomic mass is 16.6. The first-order chi connectivity index (χ1) is 11.8. The Morgan fingerprint density at radius 2 is 1.75 bits per heavy atom. The molecule has 0 bridgehead atoms.